The zero-order chi connectivity index (χ0) is 23.6. The third kappa shape index (κ3) is 5.53. The Morgan fingerprint density at radius 2 is 1.88 bits per heavy atom. The van der Waals surface area contributed by atoms with Crippen LogP contribution in [-0.2, 0) is 17.1 Å². The van der Waals surface area contributed by atoms with E-state index in [0.717, 1.165) is 25.7 Å². The summed E-state index contributed by atoms with van der Waals surface area (Å²) in [5.74, 6) is 0.110. The molecule has 178 valence electrons. The molecule has 1 aliphatic heterocycles. The van der Waals surface area contributed by atoms with E-state index >= 15 is 0 Å². The number of sulfonamides is 1. The lowest BCUT2D eigenvalue weighted by Gasteiger charge is -2.32. The summed E-state index contributed by atoms with van der Waals surface area (Å²) in [6.45, 7) is 1.62. The molecule has 1 aromatic heterocycles. The molecule has 10 nitrogen and oxygen atoms in total. The molecule has 2 fully saturated rings. The Balaban J connectivity index is 1.35. The van der Waals surface area contributed by atoms with Crippen LogP contribution in [0.25, 0.3) is 0 Å². The fourth-order valence-electron chi connectivity index (χ4n) is 3.90. The van der Waals surface area contributed by atoms with Crippen molar-refractivity contribution in [1.29, 1.82) is 0 Å². The third-order valence-electron chi connectivity index (χ3n) is 6.02. The summed E-state index contributed by atoms with van der Waals surface area (Å²) >= 11 is 0. The van der Waals surface area contributed by atoms with E-state index in [9.17, 15) is 18.0 Å². The lowest BCUT2D eigenvalue weighted by Crippen LogP contribution is -2.41. The molecule has 0 spiro atoms. The van der Waals surface area contributed by atoms with E-state index in [-0.39, 0.29) is 34.4 Å². The monoisotopic (exact) mass is 475 g/mol. The van der Waals surface area contributed by atoms with E-state index in [4.69, 9.17) is 4.74 Å². The average Bonchev–Trinajstić information content (AvgIpc) is 3.51. The number of nitrogens with one attached hydrogen (secondary N) is 2. The number of hydrogen-bond donors (Lipinski definition) is 2. The number of ether oxygens (including phenoxy) is 1. The van der Waals surface area contributed by atoms with E-state index in [0.29, 0.717) is 30.8 Å². The van der Waals surface area contributed by atoms with Crippen molar-refractivity contribution in [3.05, 3.63) is 41.7 Å². The second kappa shape index (κ2) is 9.52. The Morgan fingerprint density at radius 1 is 1.15 bits per heavy atom. The summed E-state index contributed by atoms with van der Waals surface area (Å²) in [6.07, 6.45) is 6.34. The molecule has 0 radical (unpaired) electrons. The van der Waals surface area contributed by atoms with Gasteiger partial charge in [-0.1, -0.05) is 0 Å². The fraction of sp³-hybridized carbons (Fsp3) is 0.500. The molecule has 1 saturated carbocycles. The Morgan fingerprint density at radius 3 is 2.48 bits per heavy atom. The van der Waals surface area contributed by atoms with Crippen LogP contribution in [0.1, 0.15) is 46.4 Å². The first-order valence-electron chi connectivity index (χ1n) is 11.0. The Hall–Kier alpha value is -2.92. The Kier molecular flexibility index (Phi) is 6.71. The molecule has 11 heteroatoms. The van der Waals surface area contributed by atoms with Crippen molar-refractivity contribution in [3.63, 3.8) is 0 Å². The first kappa shape index (κ1) is 23.2. The van der Waals surface area contributed by atoms with Gasteiger partial charge in [0.1, 0.15) is 10.6 Å². The number of benzene rings is 1. The molecule has 1 aliphatic carbocycles. The zero-order valence-corrected chi connectivity index (χ0v) is 19.6. The van der Waals surface area contributed by atoms with Gasteiger partial charge in [-0.15, -0.1) is 0 Å². The van der Waals surface area contributed by atoms with Gasteiger partial charge in [0.05, 0.1) is 18.9 Å². The van der Waals surface area contributed by atoms with Crippen molar-refractivity contribution in [2.45, 2.75) is 36.6 Å². The molecule has 1 aromatic carbocycles. The highest BCUT2D eigenvalue weighted by Crippen LogP contribution is 2.29. The van der Waals surface area contributed by atoms with Crippen LogP contribution >= 0.6 is 0 Å². The molecular weight excluding hydrogens is 446 g/mol. The fourth-order valence-corrected chi connectivity index (χ4v) is 5.40. The summed E-state index contributed by atoms with van der Waals surface area (Å²) in [5.41, 5.74) is 0.835. The van der Waals surface area contributed by atoms with E-state index in [1.54, 1.807) is 28.9 Å². The number of amides is 2. The van der Waals surface area contributed by atoms with Crippen LogP contribution in [0, 0.1) is 5.92 Å². The number of piperidine rings is 1. The van der Waals surface area contributed by atoms with Gasteiger partial charge < -0.3 is 15.0 Å². The van der Waals surface area contributed by atoms with Gasteiger partial charge in [0, 0.05) is 44.5 Å². The maximum atomic E-state index is 13.1. The normalized spacial score (nSPS) is 17.1. The van der Waals surface area contributed by atoms with Crippen molar-refractivity contribution in [2.75, 3.05) is 26.7 Å². The predicted octanol–water partition coefficient (Wildman–Crippen LogP) is 1.15. The van der Waals surface area contributed by atoms with Crippen LogP contribution in [0.4, 0.5) is 0 Å². The van der Waals surface area contributed by atoms with Crippen molar-refractivity contribution >= 4 is 21.8 Å². The number of aryl methyl sites for hydroxylation is 1. The lowest BCUT2D eigenvalue weighted by molar-refractivity contribution is 0.0684. The van der Waals surface area contributed by atoms with E-state index in [1.165, 1.54) is 25.4 Å². The molecule has 0 atom stereocenters. The quantitative estimate of drug-likeness (QED) is 0.591. The van der Waals surface area contributed by atoms with E-state index in [1.807, 2.05) is 0 Å². The highest BCUT2D eigenvalue weighted by molar-refractivity contribution is 7.89. The van der Waals surface area contributed by atoms with Crippen molar-refractivity contribution < 1.29 is 22.7 Å². The standard InChI is InChI=1S/C22H29N5O5S/c1-26-14-17(13-24-26)21(28)23-12-15-7-9-27(10-8-15)22(29)16-3-6-19(32-2)20(11-16)33(30,31)25-18-4-5-18/h3,6,11,13-15,18,25H,4-5,7-10,12H2,1-2H3,(H,23,28). The van der Waals surface area contributed by atoms with Crippen LogP contribution in [-0.4, -0.2) is 67.7 Å². The second-order valence-electron chi connectivity index (χ2n) is 8.61. The van der Waals surface area contributed by atoms with E-state index < -0.39 is 10.0 Å². The minimum Gasteiger partial charge on any atom is -0.495 e. The zero-order valence-electron chi connectivity index (χ0n) is 18.8. The smallest absolute Gasteiger partial charge is 0.254 e. The van der Waals surface area contributed by atoms with Gasteiger partial charge in [-0.25, -0.2) is 13.1 Å². The number of hydrogen-bond acceptors (Lipinski definition) is 6. The van der Waals surface area contributed by atoms with Gasteiger partial charge in [0.25, 0.3) is 11.8 Å². The maximum Gasteiger partial charge on any atom is 0.254 e. The molecule has 2 aliphatic rings. The Bertz CT molecular complexity index is 1130. The Labute approximate surface area is 193 Å². The molecule has 4 rings (SSSR count). The van der Waals surface area contributed by atoms with Crippen LogP contribution in [0.2, 0.25) is 0 Å². The number of likely N-dealkylation sites (tertiary alicyclic amines) is 1. The number of nitrogens with zero attached hydrogens (tertiary/aromatic N) is 3. The van der Waals surface area contributed by atoms with Crippen molar-refractivity contribution in [3.8, 4) is 5.75 Å². The van der Waals surface area contributed by atoms with Crippen molar-refractivity contribution in [1.82, 2.24) is 24.7 Å². The van der Waals surface area contributed by atoms with Crippen LogP contribution in [0.3, 0.4) is 0 Å². The number of carbonyl (C=O) groups is 2. The summed E-state index contributed by atoms with van der Waals surface area (Å²) < 4.78 is 34.9. The van der Waals surface area contributed by atoms with Gasteiger partial charge in [-0.3, -0.25) is 14.3 Å². The lowest BCUT2D eigenvalue weighted by atomic mass is 9.96. The van der Waals surface area contributed by atoms with Gasteiger partial charge in [-0.05, 0) is 49.8 Å². The molecule has 0 unspecified atom stereocenters. The number of rotatable bonds is 8. The summed E-state index contributed by atoms with van der Waals surface area (Å²) in [6, 6.07) is 4.47. The molecule has 2 aromatic rings. The summed E-state index contributed by atoms with van der Waals surface area (Å²) in [7, 11) is -0.598. The molecule has 2 N–H and O–H groups in total. The number of carbonyl (C=O) groups excluding carboxylic acids is 2. The third-order valence-corrected chi connectivity index (χ3v) is 7.56. The average molecular weight is 476 g/mol. The molecule has 1 saturated heterocycles. The molecule has 0 bridgehead atoms. The second-order valence-corrected chi connectivity index (χ2v) is 10.3. The first-order chi connectivity index (χ1) is 15.8. The minimum atomic E-state index is -3.76. The van der Waals surface area contributed by atoms with Gasteiger partial charge in [-0.2, -0.15) is 5.10 Å². The highest BCUT2D eigenvalue weighted by Gasteiger charge is 2.31. The highest BCUT2D eigenvalue weighted by atomic mass is 32.2. The van der Waals surface area contributed by atoms with Gasteiger partial charge in [0.15, 0.2) is 0 Å². The minimum absolute atomic E-state index is 0.0178. The largest absolute Gasteiger partial charge is 0.495 e. The van der Waals surface area contributed by atoms with Crippen LogP contribution < -0.4 is 14.8 Å². The molecule has 2 amide bonds. The summed E-state index contributed by atoms with van der Waals surface area (Å²) in [5, 5.41) is 6.93. The van der Waals surface area contributed by atoms with Gasteiger partial charge in [0.2, 0.25) is 10.0 Å². The van der Waals surface area contributed by atoms with E-state index in [2.05, 4.69) is 15.1 Å². The van der Waals surface area contributed by atoms with Crippen molar-refractivity contribution in [2.24, 2.45) is 13.0 Å². The molecule has 2 heterocycles. The topological polar surface area (TPSA) is 123 Å². The molecule has 33 heavy (non-hydrogen) atoms. The van der Waals surface area contributed by atoms with Crippen LogP contribution in [0.15, 0.2) is 35.5 Å². The number of aromatic nitrogens is 2. The summed E-state index contributed by atoms with van der Waals surface area (Å²) in [4.78, 5) is 27.0. The van der Waals surface area contributed by atoms with Gasteiger partial charge >= 0.3 is 0 Å². The van der Waals surface area contributed by atoms with Crippen LogP contribution in [0.5, 0.6) is 5.75 Å². The number of methoxy groups -OCH3 is 1. The SMILES string of the molecule is COc1ccc(C(=O)N2CCC(CNC(=O)c3cnn(C)c3)CC2)cc1S(=O)(=O)NC1CC1. The maximum absolute atomic E-state index is 13.1. The molecular formula is C22H29N5O5S. The first-order valence-corrected chi connectivity index (χ1v) is 12.5. The predicted molar refractivity (Wildman–Crippen MR) is 121 cm³/mol.